The molecule has 0 fully saturated rings. The first-order valence-corrected chi connectivity index (χ1v) is 5.70. The summed E-state index contributed by atoms with van der Waals surface area (Å²) in [5.74, 6) is 0.819. The van der Waals surface area contributed by atoms with Crippen LogP contribution in [0.2, 0.25) is 0 Å². The van der Waals surface area contributed by atoms with Crippen molar-refractivity contribution in [1.29, 1.82) is 0 Å². The van der Waals surface area contributed by atoms with Gasteiger partial charge in [0, 0.05) is 5.39 Å². The van der Waals surface area contributed by atoms with Crippen LogP contribution in [0, 0.1) is 0 Å². The molecule has 3 nitrogen and oxygen atoms in total. The molecule has 1 heterocycles. The van der Waals surface area contributed by atoms with E-state index in [0.717, 1.165) is 16.7 Å². The minimum absolute atomic E-state index is 0.240. The van der Waals surface area contributed by atoms with Crippen LogP contribution in [0.4, 0.5) is 0 Å². The van der Waals surface area contributed by atoms with Crippen LogP contribution < -0.4 is 10.5 Å². The Morgan fingerprint density at radius 2 is 1.61 bits per heavy atom. The highest BCUT2D eigenvalue weighted by Crippen LogP contribution is 2.12. The molecule has 3 rings (SSSR count). The van der Waals surface area contributed by atoms with E-state index < -0.39 is 0 Å². The number of benzene rings is 2. The SMILES string of the molecule is NCOc1ccccc1.c1ccc2occc2c1. The number of ether oxygens (including phenoxy) is 1. The van der Waals surface area contributed by atoms with Crippen LogP contribution in [0.5, 0.6) is 5.75 Å². The average Bonchev–Trinajstić information content (AvgIpc) is 2.89. The summed E-state index contributed by atoms with van der Waals surface area (Å²) in [6.45, 7) is 0.240. The van der Waals surface area contributed by atoms with Crippen LogP contribution in [0.25, 0.3) is 11.0 Å². The van der Waals surface area contributed by atoms with Gasteiger partial charge in [-0.25, -0.2) is 0 Å². The molecular formula is C15H15NO2. The molecule has 18 heavy (non-hydrogen) atoms. The van der Waals surface area contributed by atoms with Crippen LogP contribution in [0.3, 0.4) is 0 Å². The third-order valence-corrected chi connectivity index (χ3v) is 2.35. The Hall–Kier alpha value is -2.26. The van der Waals surface area contributed by atoms with Gasteiger partial charge in [-0.1, -0.05) is 36.4 Å². The fraction of sp³-hybridized carbons (Fsp3) is 0.0667. The van der Waals surface area contributed by atoms with Gasteiger partial charge in [0.2, 0.25) is 0 Å². The van der Waals surface area contributed by atoms with E-state index in [-0.39, 0.29) is 6.73 Å². The van der Waals surface area contributed by atoms with Gasteiger partial charge in [0.25, 0.3) is 0 Å². The molecule has 0 bridgehead atoms. The molecule has 0 saturated heterocycles. The Kier molecular flexibility index (Phi) is 4.39. The smallest absolute Gasteiger partial charge is 0.137 e. The molecule has 92 valence electrons. The van der Waals surface area contributed by atoms with Gasteiger partial charge >= 0.3 is 0 Å². The Morgan fingerprint density at radius 1 is 0.889 bits per heavy atom. The molecule has 3 heteroatoms. The minimum Gasteiger partial charge on any atom is -0.479 e. The van der Waals surface area contributed by atoms with Crippen LogP contribution in [0.15, 0.2) is 71.3 Å². The molecule has 1 aromatic heterocycles. The standard InChI is InChI=1S/C8H6O.C7H9NO/c1-2-4-8-7(3-1)5-6-9-8;8-6-9-7-4-2-1-3-5-7/h1-6H;1-5H,6,8H2. The average molecular weight is 241 g/mol. The van der Waals surface area contributed by atoms with E-state index in [2.05, 4.69) is 0 Å². The number of nitrogens with two attached hydrogens (primary N) is 1. The Morgan fingerprint density at radius 3 is 2.33 bits per heavy atom. The Labute approximate surface area is 106 Å². The largest absolute Gasteiger partial charge is 0.479 e. The van der Waals surface area contributed by atoms with Crippen molar-refractivity contribution in [1.82, 2.24) is 0 Å². The van der Waals surface area contributed by atoms with Crippen molar-refractivity contribution in [2.24, 2.45) is 5.73 Å². The highest BCUT2D eigenvalue weighted by Gasteiger charge is 1.89. The number of hydrogen-bond acceptors (Lipinski definition) is 3. The van der Waals surface area contributed by atoms with Gasteiger partial charge in [0.1, 0.15) is 18.1 Å². The molecule has 0 atom stereocenters. The van der Waals surface area contributed by atoms with Gasteiger partial charge in [-0.05, 0) is 24.3 Å². The molecule has 0 amide bonds. The quantitative estimate of drug-likeness (QED) is 0.699. The fourth-order valence-electron chi connectivity index (χ4n) is 1.52. The van der Waals surface area contributed by atoms with Crippen molar-refractivity contribution < 1.29 is 9.15 Å². The summed E-state index contributed by atoms with van der Waals surface area (Å²) in [4.78, 5) is 0. The van der Waals surface area contributed by atoms with Crippen LogP contribution in [0.1, 0.15) is 0 Å². The fourth-order valence-corrected chi connectivity index (χ4v) is 1.52. The summed E-state index contributed by atoms with van der Waals surface area (Å²) in [6.07, 6.45) is 1.70. The van der Waals surface area contributed by atoms with Crippen LogP contribution in [-0.2, 0) is 0 Å². The molecular weight excluding hydrogens is 226 g/mol. The van der Waals surface area contributed by atoms with Gasteiger partial charge in [-0.15, -0.1) is 0 Å². The molecule has 0 saturated carbocycles. The van der Waals surface area contributed by atoms with Crippen LogP contribution >= 0.6 is 0 Å². The van der Waals surface area contributed by atoms with Crippen molar-refractivity contribution in [3.05, 3.63) is 66.9 Å². The Bertz CT molecular complexity index is 545. The molecule has 2 N–H and O–H groups in total. The second kappa shape index (κ2) is 6.47. The molecule has 3 aromatic rings. The first kappa shape index (κ1) is 12.2. The highest BCUT2D eigenvalue weighted by molar-refractivity contribution is 5.76. The number of rotatable bonds is 2. The number of hydrogen-bond donors (Lipinski definition) is 1. The highest BCUT2D eigenvalue weighted by atomic mass is 16.5. The van der Waals surface area contributed by atoms with E-state index in [1.807, 2.05) is 60.7 Å². The van der Waals surface area contributed by atoms with Gasteiger partial charge in [-0.3, -0.25) is 5.73 Å². The zero-order chi connectivity index (χ0) is 12.6. The topological polar surface area (TPSA) is 48.4 Å². The maximum absolute atomic E-state index is 5.14. The zero-order valence-electron chi connectivity index (χ0n) is 9.95. The van der Waals surface area contributed by atoms with E-state index in [4.69, 9.17) is 14.9 Å². The predicted molar refractivity (Wildman–Crippen MR) is 72.3 cm³/mol. The monoisotopic (exact) mass is 241 g/mol. The number of para-hydroxylation sites is 2. The third kappa shape index (κ3) is 3.37. The van der Waals surface area contributed by atoms with Crippen molar-refractivity contribution >= 4 is 11.0 Å². The number of fused-ring (bicyclic) bond motifs is 1. The summed E-state index contributed by atoms with van der Waals surface area (Å²) in [5.41, 5.74) is 6.09. The lowest BCUT2D eigenvalue weighted by Gasteiger charge is -1.98. The van der Waals surface area contributed by atoms with Crippen molar-refractivity contribution in [2.45, 2.75) is 0 Å². The maximum atomic E-state index is 5.14. The minimum atomic E-state index is 0.240. The summed E-state index contributed by atoms with van der Waals surface area (Å²) in [7, 11) is 0. The van der Waals surface area contributed by atoms with E-state index >= 15 is 0 Å². The van der Waals surface area contributed by atoms with E-state index in [1.165, 1.54) is 0 Å². The van der Waals surface area contributed by atoms with Crippen molar-refractivity contribution in [3.63, 3.8) is 0 Å². The predicted octanol–water partition coefficient (Wildman–Crippen LogP) is 3.41. The number of furan rings is 1. The zero-order valence-corrected chi connectivity index (χ0v) is 9.95. The van der Waals surface area contributed by atoms with Gasteiger partial charge in [0.15, 0.2) is 0 Å². The van der Waals surface area contributed by atoms with Crippen molar-refractivity contribution in [2.75, 3.05) is 6.73 Å². The summed E-state index contributed by atoms with van der Waals surface area (Å²) in [6, 6.07) is 19.4. The molecule has 0 unspecified atom stereocenters. The molecule has 0 radical (unpaired) electrons. The Balaban J connectivity index is 0.000000134. The maximum Gasteiger partial charge on any atom is 0.137 e. The van der Waals surface area contributed by atoms with Gasteiger partial charge < -0.3 is 9.15 Å². The first-order chi connectivity index (χ1) is 8.90. The van der Waals surface area contributed by atoms with Crippen LogP contribution in [-0.4, -0.2) is 6.73 Å². The summed E-state index contributed by atoms with van der Waals surface area (Å²) >= 11 is 0. The first-order valence-electron chi connectivity index (χ1n) is 5.70. The van der Waals surface area contributed by atoms with Gasteiger partial charge in [-0.2, -0.15) is 0 Å². The summed E-state index contributed by atoms with van der Waals surface area (Å²) in [5, 5.41) is 1.16. The van der Waals surface area contributed by atoms with Gasteiger partial charge in [0.05, 0.1) is 6.26 Å². The molecule has 0 spiro atoms. The van der Waals surface area contributed by atoms with Crippen molar-refractivity contribution in [3.8, 4) is 5.75 Å². The molecule has 0 aliphatic rings. The lowest BCUT2D eigenvalue weighted by Crippen LogP contribution is -2.06. The lowest BCUT2D eigenvalue weighted by molar-refractivity contribution is 0.329. The lowest BCUT2D eigenvalue weighted by atomic mass is 10.3. The summed E-state index contributed by atoms with van der Waals surface area (Å²) < 4.78 is 10.1. The molecule has 0 aliphatic heterocycles. The molecule has 2 aromatic carbocycles. The second-order valence-electron chi connectivity index (χ2n) is 3.58. The van der Waals surface area contributed by atoms with E-state index in [9.17, 15) is 0 Å². The third-order valence-electron chi connectivity index (χ3n) is 2.35. The molecule has 0 aliphatic carbocycles. The van der Waals surface area contributed by atoms with E-state index in [1.54, 1.807) is 6.26 Å². The normalized spacial score (nSPS) is 9.61. The second-order valence-corrected chi connectivity index (χ2v) is 3.58. The van der Waals surface area contributed by atoms with E-state index in [0.29, 0.717) is 0 Å².